The first-order valence-corrected chi connectivity index (χ1v) is 12.8. The fourth-order valence-electron chi connectivity index (χ4n) is 8.51. The highest BCUT2D eigenvalue weighted by Gasteiger charge is 2.67. The minimum absolute atomic E-state index is 0.0617. The minimum Gasteiger partial charge on any atom is -0.466 e. The van der Waals surface area contributed by atoms with Crippen molar-refractivity contribution >= 4 is 17.9 Å². The summed E-state index contributed by atoms with van der Waals surface area (Å²) in [6.07, 6.45) is 6.57. The van der Waals surface area contributed by atoms with E-state index in [0.717, 1.165) is 32.1 Å². The Labute approximate surface area is 196 Å². The summed E-state index contributed by atoms with van der Waals surface area (Å²) in [7, 11) is 0. The minimum atomic E-state index is -1.03. The van der Waals surface area contributed by atoms with E-state index < -0.39 is 11.0 Å². The Morgan fingerprint density at radius 3 is 2.33 bits per heavy atom. The van der Waals surface area contributed by atoms with Crippen molar-refractivity contribution < 1.29 is 33.7 Å². The first-order valence-electron chi connectivity index (χ1n) is 12.8. The van der Waals surface area contributed by atoms with Crippen LogP contribution in [0.15, 0.2) is 0 Å². The van der Waals surface area contributed by atoms with Crippen LogP contribution in [-0.2, 0) is 28.6 Å². The van der Waals surface area contributed by atoms with E-state index in [4.69, 9.17) is 14.2 Å². The van der Waals surface area contributed by atoms with E-state index in [1.54, 1.807) is 0 Å². The van der Waals surface area contributed by atoms with E-state index >= 15 is 0 Å². The molecule has 7 nitrogen and oxygen atoms in total. The van der Waals surface area contributed by atoms with Crippen molar-refractivity contribution in [3.63, 3.8) is 0 Å². The molecule has 4 rings (SSSR count). The van der Waals surface area contributed by atoms with Crippen molar-refractivity contribution in [1.29, 1.82) is 0 Å². The van der Waals surface area contributed by atoms with Gasteiger partial charge in [0.05, 0.1) is 24.7 Å². The van der Waals surface area contributed by atoms with Crippen LogP contribution >= 0.6 is 0 Å². The maximum absolute atomic E-state index is 12.7. The fraction of sp³-hybridized carbons (Fsp3) is 0.885. The number of hydrogen-bond donors (Lipinski definition) is 1. The van der Waals surface area contributed by atoms with Gasteiger partial charge < -0.3 is 19.3 Å². The molecule has 0 aliphatic heterocycles. The summed E-state index contributed by atoms with van der Waals surface area (Å²) in [4.78, 5) is 36.1. The quantitative estimate of drug-likeness (QED) is 0.488. The molecule has 0 aromatic rings. The van der Waals surface area contributed by atoms with Gasteiger partial charge in [0, 0.05) is 25.7 Å². The molecule has 4 fully saturated rings. The van der Waals surface area contributed by atoms with E-state index in [1.165, 1.54) is 13.8 Å². The molecule has 0 radical (unpaired) electrons. The molecule has 4 aliphatic rings. The smallest absolute Gasteiger partial charge is 0.309 e. The Bertz CT molecular complexity index is 796. The number of fused-ring (bicyclic) bond motifs is 5. The Hall–Kier alpha value is -1.63. The molecule has 4 saturated carbocycles. The fourth-order valence-corrected chi connectivity index (χ4v) is 8.51. The molecule has 0 heterocycles. The van der Waals surface area contributed by atoms with Crippen LogP contribution in [0.25, 0.3) is 0 Å². The van der Waals surface area contributed by atoms with Crippen molar-refractivity contribution in [1.82, 2.24) is 0 Å². The summed E-state index contributed by atoms with van der Waals surface area (Å²) >= 11 is 0. The van der Waals surface area contributed by atoms with Gasteiger partial charge in [0.2, 0.25) is 0 Å². The number of esters is 3. The first kappa shape index (κ1) is 24.5. The van der Waals surface area contributed by atoms with Crippen LogP contribution < -0.4 is 0 Å². The maximum atomic E-state index is 12.7. The molecule has 0 bridgehead atoms. The number of ether oxygens (including phenoxy) is 3. The lowest BCUT2D eigenvalue weighted by Gasteiger charge is -2.64. The molecular weight excluding hydrogens is 424 g/mol. The lowest BCUT2D eigenvalue weighted by atomic mass is 9.43. The largest absolute Gasteiger partial charge is 0.466 e. The standard InChI is InChI=1S/C26H40O7/c1-5-31-23(29)22-7-6-20-19-9-13-26(30)14-18(33-17(3)28)8-12-25(26,15-32-16(2)27)21(19)10-11-24(20,22)4/h18-22,30H,5-15H2,1-4H3/t18-,19-,20-,21-,22+,24-,25+,26-/m1/s1. The van der Waals surface area contributed by atoms with Gasteiger partial charge in [0.25, 0.3) is 0 Å². The summed E-state index contributed by atoms with van der Waals surface area (Å²) < 4.78 is 16.6. The Morgan fingerprint density at radius 2 is 1.67 bits per heavy atom. The molecule has 8 atom stereocenters. The normalized spacial score (nSPS) is 44.1. The third-order valence-electron chi connectivity index (χ3n) is 9.88. The van der Waals surface area contributed by atoms with Gasteiger partial charge >= 0.3 is 17.9 Å². The van der Waals surface area contributed by atoms with E-state index in [-0.39, 0.29) is 47.9 Å². The second-order valence-electron chi connectivity index (χ2n) is 11.3. The molecule has 7 heteroatoms. The maximum Gasteiger partial charge on any atom is 0.309 e. The van der Waals surface area contributed by atoms with Gasteiger partial charge in [-0.1, -0.05) is 6.92 Å². The zero-order valence-corrected chi connectivity index (χ0v) is 20.6. The van der Waals surface area contributed by atoms with Gasteiger partial charge in [-0.05, 0) is 81.5 Å². The molecule has 1 N–H and O–H groups in total. The third kappa shape index (κ3) is 3.98. The van der Waals surface area contributed by atoms with E-state index in [1.807, 2.05) is 6.92 Å². The predicted molar refractivity (Wildman–Crippen MR) is 120 cm³/mol. The molecule has 0 unspecified atom stereocenters. The van der Waals surface area contributed by atoms with Gasteiger partial charge in [0.15, 0.2) is 0 Å². The number of hydrogen-bond acceptors (Lipinski definition) is 7. The lowest BCUT2D eigenvalue weighted by Crippen LogP contribution is -2.66. The van der Waals surface area contributed by atoms with Crippen molar-refractivity contribution in [2.24, 2.45) is 34.5 Å². The Balaban J connectivity index is 1.63. The molecule has 0 spiro atoms. The summed E-state index contributed by atoms with van der Waals surface area (Å²) in [5.74, 6) is 0.208. The van der Waals surface area contributed by atoms with Crippen LogP contribution in [0.5, 0.6) is 0 Å². The van der Waals surface area contributed by atoms with Crippen molar-refractivity contribution in [2.75, 3.05) is 13.2 Å². The van der Waals surface area contributed by atoms with Crippen LogP contribution in [-0.4, -0.2) is 47.9 Å². The second kappa shape index (κ2) is 8.86. The van der Waals surface area contributed by atoms with E-state index in [2.05, 4.69) is 6.92 Å². The molecule has 186 valence electrons. The molecule has 0 aromatic carbocycles. The summed E-state index contributed by atoms with van der Waals surface area (Å²) in [6.45, 7) is 7.56. The summed E-state index contributed by atoms with van der Waals surface area (Å²) in [5, 5.41) is 12.0. The van der Waals surface area contributed by atoms with Crippen LogP contribution in [0.3, 0.4) is 0 Å². The number of carbonyl (C=O) groups is 3. The molecular formula is C26H40O7. The van der Waals surface area contributed by atoms with E-state index in [9.17, 15) is 19.5 Å². The van der Waals surface area contributed by atoms with Crippen LogP contribution in [0.4, 0.5) is 0 Å². The van der Waals surface area contributed by atoms with Crippen LogP contribution in [0.2, 0.25) is 0 Å². The van der Waals surface area contributed by atoms with Crippen molar-refractivity contribution in [3.8, 4) is 0 Å². The number of carbonyl (C=O) groups excluding carboxylic acids is 3. The zero-order valence-electron chi connectivity index (χ0n) is 20.6. The first-order chi connectivity index (χ1) is 15.6. The van der Waals surface area contributed by atoms with Crippen LogP contribution in [0, 0.1) is 34.5 Å². The molecule has 0 saturated heterocycles. The highest BCUT2D eigenvalue weighted by molar-refractivity contribution is 5.74. The van der Waals surface area contributed by atoms with Gasteiger partial charge in [-0.15, -0.1) is 0 Å². The highest BCUT2D eigenvalue weighted by Crippen LogP contribution is 2.68. The van der Waals surface area contributed by atoms with Gasteiger partial charge in [-0.25, -0.2) is 0 Å². The Morgan fingerprint density at radius 1 is 0.909 bits per heavy atom. The third-order valence-corrected chi connectivity index (χ3v) is 9.88. The van der Waals surface area contributed by atoms with Crippen molar-refractivity contribution in [3.05, 3.63) is 0 Å². The molecule has 0 aromatic heterocycles. The van der Waals surface area contributed by atoms with Crippen molar-refractivity contribution in [2.45, 2.75) is 97.2 Å². The topological polar surface area (TPSA) is 99.1 Å². The van der Waals surface area contributed by atoms with E-state index in [0.29, 0.717) is 44.1 Å². The Kier molecular flexibility index (Phi) is 6.58. The molecule has 33 heavy (non-hydrogen) atoms. The van der Waals surface area contributed by atoms with Crippen LogP contribution in [0.1, 0.15) is 85.5 Å². The average Bonchev–Trinajstić information content (AvgIpc) is 3.09. The number of aliphatic hydroxyl groups is 1. The monoisotopic (exact) mass is 464 g/mol. The average molecular weight is 465 g/mol. The molecule has 4 aliphatic carbocycles. The molecule has 0 amide bonds. The summed E-state index contributed by atoms with van der Waals surface area (Å²) in [6, 6.07) is 0. The predicted octanol–water partition coefficient (Wildman–Crippen LogP) is 3.80. The SMILES string of the molecule is CCOC(=O)[C@@H]1CC[C@@H]2[C@H]3CC[C@@]4(O)C[C@H](OC(C)=O)CC[C@]4(COC(C)=O)[C@@H]3CC[C@]21C. The van der Waals surface area contributed by atoms with Gasteiger partial charge in [0.1, 0.15) is 6.10 Å². The lowest BCUT2D eigenvalue weighted by molar-refractivity contribution is -0.245. The van der Waals surface area contributed by atoms with Gasteiger partial charge in [-0.2, -0.15) is 0 Å². The second-order valence-corrected chi connectivity index (χ2v) is 11.3. The summed E-state index contributed by atoms with van der Waals surface area (Å²) in [5.41, 5.74) is -1.66. The number of rotatable bonds is 5. The zero-order chi connectivity index (χ0) is 24.0. The van der Waals surface area contributed by atoms with Gasteiger partial charge in [-0.3, -0.25) is 14.4 Å². The highest BCUT2D eigenvalue weighted by atomic mass is 16.5.